The van der Waals surface area contributed by atoms with Gasteiger partial charge in [-0.2, -0.15) is 0 Å². The van der Waals surface area contributed by atoms with Crippen LogP contribution in [-0.4, -0.2) is 58.8 Å². The molecule has 180 valence electrons. The number of hydroxylamine groups is 2. The van der Waals surface area contributed by atoms with Crippen LogP contribution in [-0.2, 0) is 6.54 Å². The molecule has 0 aromatic heterocycles. The number of nitrogens with two attached hydrogens (primary N) is 1. The fourth-order valence-electron chi connectivity index (χ4n) is 4.33. The molecule has 0 radical (unpaired) electrons. The van der Waals surface area contributed by atoms with E-state index >= 15 is 0 Å². The Bertz CT molecular complexity index is 1180. The Morgan fingerprint density at radius 1 is 0.971 bits per heavy atom. The van der Waals surface area contributed by atoms with Gasteiger partial charge in [0.1, 0.15) is 0 Å². The molecule has 1 atom stereocenters. The van der Waals surface area contributed by atoms with Crippen molar-refractivity contribution >= 4 is 17.6 Å². The molecule has 3 aromatic rings. The molecule has 4 rings (SSSR count). The SMILES string of the molecule is NC(=O)N(O)Cc1cccc(C#CCN2CCN([C@H](c3ccccc3)c3ccc(Cl)cc3)CC2)c1. The number of piperazine rings is 1. The molecule has 0 bridgehead atoms. The minimum atomic E-state index is -0.883. The van der Waals surface area contributed by atoms with E-state index in [1.807, 2.05) is 42.5 Å². The van der Waals surface area contributed by atoms with Crippen molar-refractivity contribution in [1.82, 2.24) is 14.9 Å². The molecule has 7 heteroatoms. The van der Waals surface area contributed by atoms with Crippen LogP contribution in [0.15, 0.2) is 78.9 Å². The minimum Gasteiger partial charge on any atom is -0.350 e. The lowest BCUT2D eigenvalue weighted by Gasteiger charge is -2.39. The number of carbonyl (C=O) groups is 1. The zero-order valence-corrected chi connectivity index (χ0v) is 20.2. The summed E-state index contributed by atoms with van der Waals surface area (Å²) >= 11 is 6.14. The summed E-state index contributed by atoms with van der Waals surface area (Å²) in [6, 6.07) is 25.5. The summed E-state index contributed by atoms with van der Waals surface area (Å²) in [5, 5.41) is 10.8. The Hall–Kier alpha value is -3.34. The number of carbonyl (C=O) groups excluding carboxylic acids is 1. The highest BCUT2D eigenvalue weighted by atomic mass is 35.5. The fourth-order valence-corrected chi connectivity index (χ4v) is 4.45. The van der Waals surface area contributed by atoms with E-state index in [1.165, 1.54) is 11.1 Å². The van der Waals surface area contributed by atoms with Crippen molar-refractivity contribution < 1.29 is 10.0 Å². The smallest absolute Gasteiger partial charge is 0.338 e. The lowest BCUT2D eigenvalue weighted by molar-refractivity contribution is -0.0470. The summed E-state index contributed by atoms with van der Waals surface area (Å²) in [4.78, 5) is 15.9. The van der Waals surface area contributed by atoms with Gasteiger partial charge in [-0.3, -0.25) is 15.0 Å². The highest BCUT2D eigenvalue weighted by Crippen LogP contribution is 2.30. The molecular formula is C28H29ClN4O2. The number of halogens is 1. The first-order valence-electron chi connectivity index (χ1n) is 11.6. The lowest BCUT2D eigenvalue weighted by atomic mass is 9.96. The monoisotopic (exact) mass is 488 g/mol. The minimum absolute atomic E-state index is 0.0308. The molecule has 0 aliphatic carbocycles. The van der Waals surface area contributed by atoms with Gasteiger partial charge < -0.3 is 5.73 Å². The lowest BCUT2D eigenvalue weighted by Crippen LogP contribution is -2.47. The Balaban J connectivity index is 1.37. The zero-order valence-electron chi connectivity index (χ0n) is 19.5. The fraction of sp³-hybridized carbons (Fsp3) is 0.250. The topological polar surface area (TPSA) is 73.0 Å². The van der Waals surface area contributed by atoms with Crippen LogP contribution in [0.3, 0.4) is 0 Å². The Morgan fingerprint density at radius 3 is 2.34 bits per heavy atom. The van der Waals surface area contributed by atoms with Gasteiger partial charge in [0.2, 0.25) is 0 Å². The first-order chi connectivity index (χ1) is 17.0. The van der Waals surface area contributed by atoms with E-state index in [2.05, 4.69) is 58.0 Å². The average molecular weight is 489 g/mol. The van der Waals surface area contributed by atoms with Gasteiger partial charge in [-0.25, -0.2) is 9.86 Å². The van der Waals surface area contributed by atoms with E-state index in [1.54, 1.807) is 0 Å². The van der Waals surface area contributed by atoms with Crippen molar-refractivity contribution in [2.45, 2.75) is 12.6 Å². The van der Waals surface area contributed by atoms with E-state index in [0.29, 0.717) is 11.6 Å². The van der Waals surface area contributed by atoms with Gasteiger partial charge in [-0.05, 0) is 41.0 Å². The maximum absolute atomic E-state index is 11.0. The second-order valence-electron chi connectivity index (χ2n) is 8.57. The molecule has 1 heterocycles. The van der Waals surface area contributed by atoms with Crippen molar-refractivity contribution in [1.29, 1.82) is 0 Å². The van der Waals surface area contributed by atoms with Gasteiger partial charge in [0.15, 0.2) is 0 Å². The maximum Gasteiger partial charge on any atom is 0.338 e. The zero-order chi connectivity index (χ0) is 24.6. The molecule has 6 nitrogen and oxygen atoms in total. The second kappa shape index (κ2) is 11.9. The number of urea groups is 1. The number of benzene rings is 3. The van der Waals surface area contributed by atoms with Crippen molar-refractivity contribution in [3.63, 3.8) is 0 Å². The summed E-state index contributed by atoms with van der Waals surface area (Å²) in [6.07, 6.45) is 0. The number of amides is 2. The molecule has 3 aromatic carbocycles. The molecule has 0 saturated carbocycles. The molecule has 1 fully saturated rings. The Morgan fingerprint density at radius 2 is 1.66 bits per heavy atom. The normalized spacial score (nSPS) is 15.1. The highest BCUT2D eigenvalue weighted by molar-refractivity contribution is 6.30. The van der Waals surface area contributed by atoms with Crippen molar-refractivity contribution in [3.05, 3.63) is 106 Å². The summed E-state index contributed by atoms with van der Waals surface area (Å²) in [7, 11) is 0. The quantitative estimate of drug-likeness (QED) is 0.307. The van der Waals surface area contributed by atoms with Crippen LogP contribution in [0.1, 0.15) is 28.3 Å². The van der Waals surface area contributed by atoms with E-state index in [9.17, 15) is 10.0 Å². The second-order valence-corrected chi connectivity index (χ2v) is 9.01. The summed E-state index contributed by atoms with van der Waals surface area (Å²) < 4.78 is 0. The van der Waals surface area contributed by atoms with Gasteiger partial charge >= 0.3 is 6.03 Å². The molecular weight excluding hydrogens is 460 g/mol. The molecule has 0 unspecified atom stereocenters. The Labute approximate surface area is 211 Å². The van der Waals surface area contributed by atoms with Crippen LogP contribution in [0.4, 0.5) is 4.79 Å². The first-order valence-corrected chi connectivity index (χ1v) is 12.0. The highest BCUT2D eigenvalue weighted by Gasteiger charge is 2.26. The van der Waals surface area contributed by atoms with E-state index < -0.39 is 6.03 Å². The van der Waals surface area contributed by atoms with Gasteiger partial charge in [0.05, 0.1) is 19.1 Å². The standard InChI is InChI=1S/C28H29ClN4O2/c29-26-13-11-25(12-14-26)27(24-9-2-1-3-10-24)32-18-16-31(17-19-32)15-5-8-22-6-4-7-23(20-22)21-33(35)28(30)34/h1-4,6-7,9-14,20,27,35H,15-19,21H2,(H2,30,34)/t27-/m1/s1. The van der Waals surface area contributed by atoms with E-state index in [-0.39, 0.29) is 12.6 Å². The molecule has 1 aliphatic rings. The van der Waals surface area contributed by atoms with Crippen LogP contribution in [0.2, 0.25) is 5.02 Å². The number of primary amides is 1. The van der Waals surface area contributed by atoms with Gasteiger partial charge in [0.25, 0.3) is 0 Å². The molecule has 0 spiro atoms. The number of hydrogen-bond acceptors (Lipinski definition) is 4. The summed E-state index contributed by atoms with van der Waals surface area (Å²) in [5.41, 5.74) is 9.20. The average Bonchev–Trinajstić information content (AvgIpc) is 2.87. The summed E-state index contributed by atoms with van der Waals surface area (Å²) in [6.45, 7) is 4.47. The molecule has 3 N–H and O–H groups in total. The summed E-state index contributed by atoms with van der Waals surface area (Å²) in [5.74, 6) is 6.46. The van der Waals surface area contributed by atoms with Crippen LogP contribution in [0.5, 0.6) is 0 Å². The van der Waals surface area contributed by atoms with Gasteiger partial charge in [-0.1, -0.05) is 78.0 Å². The van der Waals surface area contributed by atoms with Crippen LogP contribution in [0, 0.1) is 11.8 Å². The number of rotatable bonds is 6. The van der Waals surface area contributed by atoms with Crippen molar-refractivity contribution in [2.24, 2.45) is 5.73 Å². The third kappa shape index (κ3) is 6.84. The molecule has 35 heavy (non-hydrogen) atoms. The van der Waals surface area contributed by atoms with Crippen LogP contribution >= 0.6 is 11.6 Å². The van der Waals surface area contributed by atoms with Crippen LogP contribution in [0.25, 0.3) is 0 Å². The van der Waals surface area contributed by atoms with Crippen molar-refractivity contribution in [2.75, 3.05) is 32.7 Å². The maximum atomic E-state index is 11.0. The van der Waals surface area contributed by atoms with E-state index in [4.69, 9.17) is 17.3 Å². The third-order valence-electron chi connectivity index (χ3n) is 6.12. The Kier molecular flexibility index (Phi) is 8.40. The predicted molar refractivity (Wildman–Crippen MR) is 138 cm³/mol. The predicted octanol–water partition coefficient (Wildman–Crippen LogP) is 4.37. The first kappa shape index (κ1) is 24.8. The van der Waals surface area contributed by atoms with Crippen molar-refractivity contribution in [3.8, 4) is 11.8 Å². The number of nitrogens with zero attached hydrogens (tertiary/aromatic N) is 3. The van der Waals surface area contributed by atoms with Gasteiger partial charge in [-0.15, -0.1) is 0 Å². The van der Waals surface area contributed by atoms with Gasteiger partial charge in [0, 0.05) is 36.8 Å². The largest absolute Gasteiger partial charge is 0.350 e. The molecule has 1 aliphatic heterocycles. The number of hydrogen-bond donors (Lipinski definition) is 2. The van der Waals surface area contributed by atoms with E-state index in [0.717, 1.165) is 42.3 Å². The third-order valence-corrected chi connectivity index (χ3v) is 6.37. The molecule has 1 saturated heterocycles. The molecule has 2 amide bonds. The van der Waals surface area contributed by atoms with Crippen LogP contribution < -0.4 is 5.73 Å².